The minimum absolute atomic E-state index is 0.142. The Morgan fingerprint density at radius 2 is 2.03 bits per heavy atom. The van der Waals surface area contributed by atoms with Crippen molar-refractivity contribution in [2.75, 3.05) is 26.4 Å². The zero-order valence-corrected chi connectivity index (χ0v) is 17.0. The molecule has 3 heterocycles. The van der Waals surface area contributed by atoms with E-state index in [1.165, 1.54) is 18.4 Å². The van der Waals surface area contributed by atoms with E-state index in [0.717, 1.165) is 30.5 Å². The number of hydrogen-bond donors (Lipinski definition) is 0. The van der Waals surface area contributed by atoms with E-state index in [1.807, 2.05) is 24.3 Å². The summed E-state index contributed by atoms with van der Waals surface area (Å²) < 4.78 is 18.6. The Balaban J connectivity index is 1.46. The molecule has 0 amide bonds. The van der Waals surface area contributed by atoms with Gasteiger partial charge in [-0.2, -0.15) is 4.98 Å². The third-order valence-electron chi connectivity index (χ3n) is 6.06. The quantitative estimate of drug-likeness (QED) is 0.734. The van der Waals surface area contributed by atoms with Crippen LogP contribution >= 0.6 is 0 Å². The summed E-state index contributed by atoms with van der Waals surface area (Å²) >= 11 is 0. The lowest BCUT2D eigenvalue weighted by atomic mass is 9.93. The number of aromatic nitrogens is 2. The summed E-state index contributed by atoms with van der Waals surface area (Å²) in [6, 6.07) is 9.84. The van der Waals surface area contributed by atoms with E-state index in [4.69, 9.17) is 14.2 Å². The molecule has 0 N–H and O–H groups in total. The zero-order chi connectivity index (χ0) is 20.3. The predicted octanol–water partition coefficient (Wildman–Crippen LogP) is 3.00. The fourth-order valence-electron chi connectivity index (χ4n) is 4.51. The Morgan fingerprint density at radius 1 is 1.17 bits per heavy atom. The Morgan fingerprint density at radius 3 is 2.87 bits per heavy atom. The van der Waals surface area contributed by atoms with Crippen molar-refractivity contribution in [1.82, 2.24) is 9.55 Å². The maximum atomic E-state index is 13.0. The van der Waals surface area contributed by atoms with Crippen LogP contribution in [0.2, 0.25) is 0 Å². The van der Waals surface area contributed by atoms with Gasteiger partial charge in [0.25, 0.3) is 0 Å². The van der Waals surface area contributed by atoms with Gasteiger partial charge < -0.3 is 14.2 Å². The molecular weight excluding hydrogens is 380 g/mol. The second-order valence-electron chi connectivity index (χ2n) is 8.16. The standard InChI is InChI=1S/C24H26N2O4/c27-24-25-23(30-16-20-15-28-11-12-29-20)14-22-21-8-4-3-7-18(21)13-19(26(22)24)10-9-17-5-1-2-6-17/h3-4,7-8,14,17,19-20H,1-2,5-6,11-13,15-16H2. The second-order valence-corrected chi connectivity index (χ2v) is 8.16. The van der Waals surface area contributed by atoms with Gasteiger partial charge in [-0.05, 0) is 18.4 Å². The molecular formula is C24H26N2O4. The molecule has 156 valence electrons. The van der Waals surface area contributed by atoms with Crippen LogP contribution in [0.25, 0.3) is 11.3 Å². The molecule has 1 saturated carbocycles. The van der Waals surface area contributed by atoms with Crippen LogP contribution in [0.15, 0.2) is 35.1 Å². The van der Waals surface area contributed by atoms with Gasteiger partial charge in [-0.3, -0.25) is 4.57 Å². The first-order valence-corrected chi connectivity index (χ1v) is 10.8. The lowest BCUT2D eigenvalue weighted by molar-refractivity contribution is -0.102. The van der Waals surface area contributed by atoms with E-state index in [1.54, 1.807) is 4.57 Å². The van der Waals surface area contributed by atoms with Crippen molar-refractivity contribution < 1.29 is 14.2 Å². The molecule has 1 aromatic carbocycles. The van der Waals surface area contributed by atoms with Crippen LogP contribution in [0.1, 0.15) is 37.3 Å². The smallest absolute Gasteiger partial charge is 0.352 e. The summed E-state index contributed by atoms with van der Waals surface area (Å²) in [5.74, 6) is 7.61. The summed E-state index contributed by atoms with van der Waals surface area (Å²) in [4.78, 5) is 17.2. The Bertz CT molecular complexity index is 1020. The van der Waals surface area contributed by atoms with Gasteiger partial charge in [0.2, 0.25) is 5.88 Å². The Labute approximate surface area is 176 Å². The molecule has 2 aliphatic heterocycles. The summed E-state index contributed by atoms with van der Waals surface area (Å²) in [5.41, 5.74) is 2.74. The third-order valence-corrected chi connectivity index (χ3v) is 6.06. The van der Waals surface area contributed by atoms with Crippen LogP contribution in [0.4, 0.5) is 0 Å². The molecule has 0 spiro atoms. The van der Waals surface area contributed by atoms with Gasteiger partial charge in [0.15, 0.2) is 0 Å². The van der Waals surface area contributed by atoms with Gasteiger partial charge in [-0.15, -0.1) is 0 Å². The first kappa shape index (κ1) is 19.3. The minimum atomic E-state index is -0.316. The van der Waals surface area contributed by atoms with Crippen molar-refractivity contribution in [1.29, 1.82) is 0 Å². The SMILES string of the molecule is O=c1nc(OCC2COCCO2)cc2n1C(C#CC1CCCC1)Cc1ccccc1-2. The number of ether oxygens (including phenoxy) is 3. The fourth-order valence-corrected chi connectivity index (χ4v) is 4.51. The number of hydrogen-bond acceptors (Lipinski definition) is 5. The van der Waals surface area contributed by atoms with Gasteiger partial charge in [0, 0.05) is 24.0 Å². The van der Waals surface area contributed by atoms with Crippen LogP contribution in [-0.4, -0.2) is 42.1 Å². The van der Waals surface area contributed by atoms with Crippen molar-refractivity contribution in [3.63, 3.8) is 0 Å². The van der Waals surface area contributed by atoms with E-state index in [2.05, 4.69) is 22.9 Å². The summed E-state index contributed by atoms with van der Waals surface area (Å²) in [7, 11) is 0. The molecule has 0 radical (unpaired) electrons. The van der Waals surface area contributed by atoms with E-state index < -0.39 is 0 Å². The third kappa shape index (κ3) is 4.00. The molecule has 0 bridgehead atoms. The highest BCUT2D eigenvalue weighted by atomic mass is 16.6. The van der Waals surface area contributed by atoms with Crippen molar-refractivity contribution in [2.45, 2.75) is 44.2 Å². The van der Waals surface area contributed by atoms with Crippen LogP contribution in [0.3, 0.4) is 0 Å². The molecule has 2 unspecified atom stereocenters. The van der Waals surface area contributed by atoms with Crippen LogP contribution in [0, 0.1) is 17.8 Å². The molecule has 6 heteroatoms. The molecule has 5 rings (SSSR count). The lowest BCUT2D eigenvalue weighted by Crippen LogP contribution is -2.35. The van der Waals surface area contributed by atoms with E-state index in [9.17, 15) is 4.79 Å². The molecule has 2 aromatic rings. The topological polar surface area (TPSA) is 62.6 Å². The summed E-state index contributed by atoms with van der Waals surface area (Å²) in [5, 5.41) is 0. The summed E-state index contributed by atoms with van der Waals surface area (Å²) in [6.45, 7) is 1.96. The highest BCUT2D eigenvalue weighted by Crippen LogP contribution is 2.34. The lowest BCUT2D eigenvalue weighted by Gasteiger charge is -2.27. The molecule has 30 heavy (non-hydrogen) atoms. The number of rotatable bonds is 3. The first-order valence-electron chi connectivity index (χ1n) is 10.8. The van der Waals surface area contributed by atoms with Crippen molar-refractivity contribution in [3.8, 4) is 29.0 Å². The second kappa shape index (κ2) is 8.63. The Hall–Kier alpha value is -2.62. The highest BCUT2D eigenvalue weighted by molar-refractivity contribution is 5.67. The summed E-state index contributed by atoms with van der Waals surface area (Å²) in [6.07, 6.45) is 5.41. The first-order chi connectivity index (χ1) is 14.8. The highest BCUT2D eigenvalue weighted by Gasteiger charge is 2.26. The number of fused-ring (bicyclic) bond motifs is 3. The Kier molecular flexibility index (Phi) is 5.56. The van der Waals surface area contributed by atoms with E-state index >= 15 is 0 Å². The van der Waals surface area contributed by atoms with Gasteiger partial charge in [-0.1, -0.05) is 48.9 Å². The molecule has 6 nitrogen and oxygen atoms in total. The minimum Gasteiger partial charge on any atom is -0.475 e. The largest absolute Gasteiger partial charge is 0.475 e. The van der Waals surface area contributed by atoms with Crippen LogP contribution in [-0.2, 0) is 15.9 Å². The zero-order valence-electron chi connectivity index (χ0n) is 17.0. The number of nitrogens with zero attached hydrogens (tertiary/aromatic N) is 2. The van der Waals surface area contributed by atoms with E-state index in [-0.39, 0.29) is 17.8 Å². The van der Waals surface area contributed by atoms with Gasteiger partial charge in [0.05, 0.1) is 25.5 Å². The molecule has 1 aliphatic carbocycles. The normalized spacial score (nSPS) is 23.2. The molecule has 2 atom stereocenters. The average molecular weight is 406 g/mol. The van der Waals surface area contributed by atoms with Gasteiger partial charge >= 0.3 is 5.69 Å². The number of benzene rings is 1. The fraction of sp³-hybridized carbons (Fsp3) is 0.500. The van der Waals surface area contributed by atoms with Crippen molar-refractivity contribution >= 4 is 0 Å². The molecule has 2 fully saturated rings. The van der Waals surface area contributed by atoms with Crippen molar-refractivity contribution in [3.05, 3.63) is 46.4 Å². The average Bonchev–Trinajstić information content (AvgIpc) is 3.30. The maximum absolute atomic E-state index is 13.0. The van der Waals surface area contributed by atoms with Gasteiger partial charge in [0.1, 0.15) is 18.8 Å². The van der Waals surface area contributed by atoms with E-state index in [0.29, 0.717) is 38.2 Å². The monoisotopic (exact) mass is 406 g/mol. The van der Waals surface area contributed by atoms with Crippen LogP contribution < -0.4 is 10.4 Å². The molecule has 1 aromatic heterocycles. The maximum Gasteiger partial charge on any atom is 0.352 e. The van der Waals surface area contributed by atoms with Crippen molar-refractivity contribution in [2.24, 2.45) is 5.92 Å². The molecule has 3 aliphatic rings. The predicted molar refractivity (Wildman–Crippen MR) is 112 cm³/mol. The molecule has 1 saturated heterocycles. The van der Waals surface area contributed by atoms with Gasteiger partial charge in [-0.25, -0.2) is 4.79 Å². The van der Waals surface area contributed by atoms with Crippen LogP contribution in [0.5, 0.6) is 5.88 Å².